The summed E-state index contributed by atoms with van der Waals surface area (Å²) in [7, 11) is 1.92. The van der Waals surface area contributed by atoms with Gasteiger partial charge in [0.15, 0.2) is 17.5 Å². The highest BCUT2D eigenvalue weighted by molar-refractivity contribution is 14.0. The average molecular weight is 510 g/mol. The number of nitrogens with one attached hydrogen (secondary N) is 1. The van der Waals surface area contributed by atoms with E-state index in [0.29, 0.717) is 43.4 Å². The van der Waals surface area contributed by atoms with Crippen molar-refractivity contribution in [2.24, 2.45) is 4.99 Å². The average Bonchev–Trinajstić information content (AvgIpc) is 2.72. The van der Waals surface area contributed by atoms with Gasteiger partial charge in [0.1, 0.15) is 19.0 Å². The highest BCUT2D eigenvalue weighted by Crippen LogP contribution is 2.31. The minimum Gasteiger partial charge on any atom is -0.486 e. The topological polar surface area (TPSA) is 69.9 Å². The number of ether oxygens (including phenoxy) is 2. The maximum Gasteiger partial charge on any atom is 0.194 e. The molecule has 8 heteroatoms. The molecular weight excluding hydrogens is 486 g/mol. The predicted octanol–water partition coefficient (Wildman–Crippen LogP) is 3.68. The SMILES string of the molecule is CCNC(=NCc1cc(C#N)ccc1F)N(C)Cc1ccc2c(c1)OCCO2.I. The van der Waals surface area contributed by atoms with Gasteiger partial charge in [0.05, 0.1) is 18.2 Å². The Morgan fingerprint density at radius 3 is 2.69 bits per heavy atom. The molecule has 2 aromatic carbocycles. The number of nitriles is 1. The van der Waals surface area contributed by atoms with Crippen molar-refractivity contribution in [3.05, 3.63) is 58.9 Å². The molecule has 0 aromatic heterocycles. The number of rotatable bonds is 5. The summed E-state index contributed by atoms with van der Waals surface area (Å²) in [5, 5.41) is 12.2. The Morgan fingerprint density at radius 1 is 1.21 bits per heavy atom. The summed E-state index contributed by atoms with van der Waals surface area (Å²) in [6.45, 7) is 4.52. The predicted molar refractivity (Wildman–Crippen MR) is 120 cm³/mol. The maximum absolute atomic E-state index is 14.0. The van der Waals surface area contributed by atoms with Crippen molar-refractivity contribution in [2.45, 2.75) is 20.0 Å². The molecule has 2 aromatic rings. The van der Waals surface area contributed by atoms with Gasteiger partial charge in [-0.2, -0.15) is 5.26 Å². The third-order valence-electron chi connectivity index (χ3n) is 4.30. The zero-order chi connectivity index (χ0) is 19.9. The van der Waals surface area contributed by atoms with E-state index in [2.05, 4.69) is 10.3 Å². The molecular formula is C21H24FIN4O2. The first-order valence-corrected chi connectivity index (χ1v) is 9.17. The molecule has 6 nitrogen and oxygen atoms in total. The highest BCUT2D eigenvalue weighted by atomic mass is 127. The van der Waals surface area contributed by atoms with Crippen LogP contribution >= 0.6 is 24.0 Å². The van der Waals surface area contributed by atoms with Crippen molar-refractivity contribution in [3.8, 4) is 17.6 Å². The lowest BCUT2D eigenvalue weighted by Gasteiger charge is -2.24. The molecule has 1 N–H and O–H groups in total. The van der Waals surface area contributed by atoms with Gasteiger partial charge >= 0.3 is 0 Å². The standard InChI is InChI=1S/C21H23FN4O2.HI/c1-3-24-21(25-13-17-10-15(12-23)4-6-18(17)22)26(2)14-16-5-7-19-20(11-16)28-9-8-27-19;/h4-7,10-11H,3,8-9,13-14H2,1-2H3,(H,24,25);1H. The number of fused-ring (bicyclic) bond motifs is 1. The van der Waals surface area contributed by atoms with Crippen LogP contribution in [0.3, 0.4) is 0 Å². The van der Waals surface area contributed by atoms with Gasteiger partial charge in [-0.3, -0.25) is 0 Å². The molecule has 0 amide bonds. The van der Waals surface area contributed by atoms with E-state index >= 15 is 0 Å². The zero-order valence-corrected chi connectivity index (χ0v) is 18.8. The Kier molecular flexibility index (Phi) is 8.51. The number of hydrogen-bond donors (Lipinski definition) is 1. The first kappa shape index (κ1) is 22.7. The highest BCUT2D eigenvalue weighted by Gasteiger charge is 2.14. The number of aliphatic imine (C=N–C) groups is 1. The summed E-state index contributed by atoms with van der Waals surface area (Å²) in [5.74, 6) is 1.78. The molecule has 0 unspecified atom stereocenters. The van der Waals surface area contributed by atoms with Crippen molar-refractivity contribution in [1.29, 1.82) is 5.26 Å². The van der Waals surface area contributed by atoms with E-state index < -0.39 is 0 Å². The number of benzene rings is 2. The van der Waals surface area contributed by atoms with E-state index in [1.165, 1.54) is 18.2 Å². The van der Waals surface area contributed by atoms with E-state index in [1.54, 1.807) is 0 Å². The fourth-order valence-corrected chi connectivity index (χ4v) is 2.93. The number of halogens is 2. The van der Waals surface area contributed by atoms with Crippen LogP contribution in [0.15, 0.2) is 41.4 Å². The lowest BCUT2D eigenvalue weighted by molar-refractivity contribution is 0.171. The molecule has 0 aliphatic carbocycles. The van der Waals surface area contributed by atoms with Crippen LogP contribution in [0.2, 0.25) is 0 Å². The van der Waals surface area contributed by atoms with E-state index in [-0.39, 0.29) is 36.3 Å². The van der Waals surface area contributed by atoms with Gasteiger partial charge in [-0.05, 0) is 42.8 Å². The second-order valence-electron chi connectivity index (χ2n) is 6.42. The third-order valence-corrected chi connectivity index (χ3v) is 4.30. The number of nitrogens with zero attached hydrogens (tertiary/aromatic N) is 3. The molecule has 0 saturated carbocycles. The van der Waals surface area contributed by atoms with Crippen LogP contribution in [0.1, 0.15) is 23.6 Å². The second kappa shape index (κ2) is 10.9. The second-order valence-corrected chi connectivity index (χ2v) is 6.42. The van der Waals surface area contributed by atoms with Gasteiger partial charge in [-0.15, -0.1) is 24.0 Å². The third kappa shape index (κ3) is 5.97. The van der Waals surface area contributed by atoms with Gasteiger partial charge in [-0.1, -0.05) is 6.07 Å². The van der Waals surface area contributed by atoms with Gasteiger partial charge in [0.2, 0.25) is 0 Å². The zero-order valence-electron chi connectivity index (χ0n) is 16.4. The normalized spacial score (nSPS) is 12.6. The number of guanidine groups is 1. The summed E-state index contributed by atoms with van der Waals surface area (Å²) in [6, 6.07) is 12.2. The summed E-state index contributed by atoms with van der Waals surface area (Å²) in [5.41, 5.74) is 1.86. The largest absolute Gasteiger partial charge is 0.486 e. The molecule has 1 aliphatic heterocycles. The smallest absolute Gasteiger partial charge is 0.194 e. The van der Waals surface area contributed by atoms with Gasteiger partial charge < -0.3 is 19.7 Å². The van der Waals surface area contributed by atoms with E-state index in [4.69, 9.17) is 14.7 Å². The molecule has 1 aliphatic rings. The molecule has 1 heterocycles. The Balaban J connectivity index is 0.00000300. The quantitative estimate of drug-likeness (QED) is 0.378. The molecule has 0 atom stereocenters. The van der Waals surface area contributed by atoms with Crippen LogP contribution in [0, 0.1) is 17.1 Å². The number of hydrogen-bond acceptors (Lipinski definition) is 4. The lowest BCUT2D eigenvalue weighted by Crippen LogP contribution is -2.38. The fraction of sp³-hybridized carbons (Fsp3) is 0.333. The molecule has 29 heavy (non-hydrogen) atoms. The van der Waals surface area contributed by atoms with Crippen LogP contribution in [0.5, 0.6) is 11.5 Å². The molecule has 0 fully saturated rings. The van der Waals surface area contributed by atoms with Crippen molar-refractivity contribution >= 4 is 29.9 Å². The Morgan fingerprint density at radius 2 is 1.97 bits per heavy atom. The first-order chi connectivity index (χ1) is 13.6. The van der Waals surface area contributed by atoms with Crippen molar-refractivity contribution in [2.75, 3.05) is 26.8 Å². The van der Waals surface area contributed by atoms with Crippen molar-refractivity contribution < 1.29 is 13.9 Å². The first-order valence-electron chi connectivity index (χ1n) is 9.17. The summed E-state index contributed by atoms with van der Waals surface area (Å²) < 4.78 is 25.2. The fourth-order valence-electron chi connectivity index (χ4n) is 2.93. The molecule has 154 valence electrons. The van der Waals surface area contributed by atoms with Gasteiger partial charge in [0.25, 0.3) is 0 Å². The Bertz CT molecular complexity index is 914. The van der Waals surface area contributed by atoms with Crippen molar-refractivity contribution in [3.63, 3.8) is 0 Å². The molecule has 3 rings (SSSR count). The van der Waals surface area contributed by atoms with E-state index in [0.717, 1.165) is 17.1 Å². The minimum absolute atomic E-state index is 0. The van der Waals surface area contributed by atoms with Crippen LogP contribution < -0.4 is 14.8 Å². The van der Waals surface area contributed by atoms with Crippen LogP contribution in [0.4, 0.5) is 4.39 Å². The summed E-state index contributed by atoms with van der Waals surface area (Å²) in [4.78, 5) is 6.49. The van der Waals surface area contributed by atoms with Gasteiger partial charge in [0, 0.05) is 25.7 Å². The summed E-state index contributed by atoms with van der Waals surface area (Å²) in [6.07, 6.45) is 0. The monoisotopic (exact) mass is 510 g/mol. The van der Waals surface area contributed by atoms with E-state index in [9.17, 15) is 4.39 Å². The maximum atomic E-state index is 14.0. The van der Waals surface area contributed by atoms with Crippen LogP contribution in [-0.2, 0) is 13.1 Å². The van der Waals surface area contributed by atoms with Gasteiger partial charge in [-0.25, -0.2) is 9.38 Å². The minimum atomic E-state index is -0.368. The van der Waals surface area contributed by atoms with Crippen molar-refractivity contribution in [1.82, 2.24) is 10.2 Å². The Hall–Kier alpha value is -2.54. The van der Waals surface area contributed by atoms with E-state index in [1.807, 2.05) is 43.1 Å². The summed E-state index contributed by atoms with van der Waals surface area (Å²) >= 11 is 0. The molecule has 0 bridgehead atoms. The molecule has 0 saturated heterocycles. The lowest BCUT2D eigenvalue weighted by atomic mass is 10.1. The van der Waals surface area contributed by atoms with Crippen LogP contribution in [0.25, 0.3) is 0 Å². The Labute approximate surface area is 187 Å². The molecule has 0 spiro atoms. The van der Waals surface area contributed by atoms with Crippen LogP contribution in [-0.4, -0.2) is 37.7 Å². The molecule has 0 radical (unpaired) electrons.